The molecule has 114 valence electrons. The van der Waals surface area contributed by atoms with Crippen LogP contribution in [0.4, 0.5) is 0 Å². The number of hydrogen-bond donors (Lipinski definition) is 0. The normalized spacial score (nSPS) is 32.9. The summed E-state index contributed by atoms with van der Waals surface area (Å²) >= 11 is 0. The number of ketones is 1. The van der Waals surface area contributed by atoms with E-state index in [0.717, 1.165) is 37.5 Å². The first kappa shape index (κ1) is 15.9. The molecule has 0 unspecified atom stereocenters. The molecule has 2 rings (SSSR count). The van der Waals surface area contributed by atoms with Crippen LogP contribution in [0.2, 0.25) is 25.7 Å². The average molecular weight is 296 g/mol. The van der Waals surface area contributed by atoms with Crippen LogP contribution in [0.1, 0.15) is 26.2 Å². The van der Waals surface area contributed by atoms with Crippen molar-refractivity contribution in [2.45, 2.75) is 58.0 Å². The first-order valence-corrected chi connectivity index (χ1v) is 11.4. The molecule has 2 fully saturated rings. The molecule has 0 aromatic carbocycles. The third-order valence-electron chi connectivity index (χ3n) is 4.94. The summed E-state index contributed by atoms with van der Waals surface area (Å²) < 4.78 is 11.5. The Morgan fingerprint density at radius 2 is 2.10 bits per heavy atom. The van der Waals surface area contributed by atoms with Crippen molar-refractivity contribution >= 4 is 13.9 Å². The Morgan fingerprint density at radius 1 is 1.40 bits per heavy atom. The van der Waals surface area contributed by atoms with E-state index in [1.807, 2.05) is 0 Å². The molecule has 0 radical (unpaired) electrons. The number of fused-ring (bicyclic) bond motifs is 1. The van der Waals surface area contributed by atoms with Crippen molar-refractivity contribution in [3.63, 3.8) is 0 Å². The van der Waals surface area contributed by atoms with E-state index in [1.54, 1.807) is 6.92 Å². The molecule has 0 spiro atoms. The molecule has 0 aromatic heterocycles. The van der Waals surface area contributed by atoms with E-state index < -0.39 is 8.07 Å². The molecule has 2 saturated carbocycles. The van der Waals surface area contributed by atoms with Crippen molar-refractivity contribution in [2.24, 2.45) is 11.3 Å². The number of Topliss-reactive ketones (excluding diaryl/α,β-unsaturated/α-hetero) is 1. The van der Waals surface area contributed by atoms with Crippen LogP contribution >= 0.6 is 0 Å². The molecule has 0 saturated heterocycles. The number of hydrogen-bond acceptors (Lipinski definition) is 3. The number of carbonyl (C=O) groups excluding carboxylic acids is 1. The highest BCUT2D eigenvalue weighted by Gasteiger charge is 2.62. The van der Waals surface area contributed by atoms with Gasteiger partial charge in [0.05, 0.1) is 11.5 Å². The Bertz CT molecular complexity index is 389. The van der Waals surface area contributed by atoms with Gasteiger partial charge in [-0.25, -0.2) is 0 Å². The highest BCUT2D eigenvalue weighted by molar-refractivity contribution is 6.76. The van der Waals surface area contributed by atoms with E-state index in [-0.39, 0.29) is 17.3 Å². The van der Waals surface area contributed by atoms with E-state index in [2.05, 4.69) is 26.2 Å². The summed E-state index contributed by atoms with van der Waals surface area (Å²) in [6, 6.07) is 1.15. The fraction of sp³-hybridized carbons (Fsp3) is 0.812. The standard InChI is InChI=1S/C16H28O3Si/c1-12-10-14-6-7-15(16(12,14)13(2)17)19-11-18-8-9-20(3,4)5/h14-15H,1,6-11H2,2-5H3/t14-,15+,16-/m1/s1. The lowest BCUT2D eigenvalue weighted by Crippen LogP contribution is -2.51. The zero-order valence-corrected chi connectivity index (χ0v) is 14.3. The zero-order valence-electron chi connectivity index (χ0n) is 13.3. The lowest BCUT2D eigenvalue weighted by Gasteiger charge is -2.48. The molecule has 0 N–H and O–H groups in total. The third kappa shape index (κ3) is 2.78. The van der Waals surface area contributed by atoms with Gasteiger partial charge in [0.2, 0.25) is 0 Å². The van der Waals surface area contributed by atoms with Gasteiger partial charge in [0.1, 0.15) is 12.6 Å². The summed E-state index contributed by atoms with van der Waals surface area (Å²) in [5.41, 5.74) is 0.682. The van der Waals surface area contributed by atoms with Crippen molar-refractivity contribution in [1.29, 1.82) is 0 Å². The smallest absolute Gasteiger partial charge is 0.147 e. The molecular weight excluding hydrogens is 268 g/mol. The van der Waals surface area contributed by atoms with E-state index in [4.69, 9.17) is 9.47 Å². The van der Waals surface area contributed by atoms with Crippen molar-refractivity contribution in [2.75, 3.05) is 13.4 Å². The molecule has 0 aliphatic heterocycles. The van der Waals surface area contributed by atoms with E-state index >= 15 is 0 Å². The molecule has 0 heterocycles. The monoisotopic (exact) mass is 296 g/mol. The summed E-state index contributed by atoms with van der Waals surface area (Å²) in [5, 5.41) is 0. The summed E-state index contributed by atoms with van der Waals surface area (Å²) in [7, 11) is -1.04. The van der Waals surface area contributed by atoms with Crippen LogP contribution in [0.5, 0.6) is 0 Å². The summed E-state index contributed by atoms with van der Waals surface area (Å²) in [5.74, 6) is 0.683. The highest BCUT2D eigenvalue weighted by atomic mass is 28.3. The second-order valence-electron chi connectivity index (χ2n) is 7.50. The fourth-order valence-corrected chi connectivity index (χ4v) is 4.49. The maximum Gasteiger partial charge on any atom is 0.147 e. The Hall–Kier alpha value is -0.453. The van der Waals surface area contributed by atoms with Crippen molar-refractivity contribution in [1.82, 2.24) is 0 Å². The minimum atomic E-state index is -1.04. The molecule has 20 heavy (non-hydrogen) atoms. The van der Waals surface area contributed by atoms with Crippen LogP contribution in [0, 0.1) is 11.3 Å². The van der Waals surface area contributed by atoms with Gasteiger partial charge >= 0.3 is 0 Å². The average Bonchev–Trinajstić information content (AvgIpc) is 2.59. The van der Waals surface area contributed by atoms with Gasteiger partial charge in [-0.2, -0.15) is 0 Å². The van der Waals surface area contributed by atoms with E-state index in [0.29, 0.717) is 12.7 Å². The van der Waals surface area contributed by atoms with Crippen molar-refractivity contribution in [3.8, 4) is 0 Å². The number of rotatable bonds is 7. The second kappa shape index (κ2) is 5.74. The molecular formula is C16H28O3Si. The topological polar surface area (TPSA) is 35.5 Å². The van der Waals surface area contributed by atoms with Crippen LogP contribution in [0.3, 0.4) is 0 Å². The van der Waals surface area contributed by atoms with Gasteiger partial charge < -0.3 is 9.47 Å². The van der Waals surface area contributed by atoms with Gasteiger partial charge in [-0.05, 0) is 38.1 Å². The Balaban J connectivity index is 1.81. The Kier molecular flexibility index (Phi) is 4.57. The molecule has 0 amide bonds. The molecule has 2 aliphatic rings. The number of carbonyl (C=O) groups is 1. The maximum absolute atomic E-state index is 12.1. The largest absolute Gasteiger partial charge is 0.356 e. The van der Waals surface area contributed by atoms with Crippen LogP contribution in [0.25, 0.3) is 0 Å². The summed E-state index contributed by atoms with van der Waals surface area (Å²) in [4.78, 5) is 12.1. The van der Waals surface area contributed by atoms with Crippen LogP contribution in [-0.2, 0) is 14.3 Å². The number of ether oxygens (including phenoxy) is 2. The van der Waals surface area contributed by atoms with Crippen molar-refractivity contribution < 1.29 is 14.3 Å². The quantitative estimate of drug-likeness (QED) is 0.311. The summed E-state index contributed by atoms with van der Waals surface area (Å²) in [6.07, 6.45) is 3.02. The fourth-order valence-electron chi connectivity index (χ4n) is 3.73. The first-order chi connectivity index (χ1) is 9.28. The van der Waals surface area contributed by atoms with Gasteiger partial charge in [0.15, 0.2) is 0 Å². The van der Waals surface area contributed by atoms with Gasteiger partial charge in [0.25, 0.3) is 0 Å². The predicted octanol–water partition coefficient (Wildman–Crippen LogP) is 3.63. The van der Waals surface area contributed by atoms with Crippen LogP contribution in [0.15, 0.2) is 12.2 Å². The Morgan fingerprint density at radius 3 is 2.65 bits per heavy atom. The predicted molar refractivity (Wildman–Crippen MR) is 83.4 cm³/mol. The SMILES string of the molecule is C=C1C[C@H]2CC[C@H](OCOCC[Si](C)(C)C)[C@@]12C(C)=O. The Labute approximate surface area is 123 Å². The molecule has 2 aliphatic carbocycles. The van der Waals surface area contributed by atoms with Gasteiger partial charge in [-0.1, -0.05) is 31.8 Å². The zero-order chi connectivity index (χ0) is 15.0. The van der Waals surface area contributed by atoms with Gasteiger partial charge in [-0.15, -0.1) is 0 Å². The minimum Gasteiger partial charge on any atom is -0.356 e. The van der Waals surface area contributed by atoms with Gasteiger partial charge in [-0.3, -0.25) is 4.79 Å². The lowest BCUT2D eigenvalue weighted by atomic mass is 9.56. The lowest BCUT2D eigenvalue weighted by molar-refractivity contribution is -0.152. The van der Waals surface area contributed by atoms with Gasteiger partial charge in [0, 0.05) is 14.7 Å². The maximum atomic E-state index is 12.1. The molecule has 4 heteroatoms. The van der Waals surface area contributed by atoms with E-state index in [1.165, 1.54) is 0 Å². The van der Waals surface area contributed by atoms with Crippen molar-refractivity contribution in [3.05, 3.63) is 12.2 Å². The third-order valence-corrected chi connectivity index (χ3v) is 6.64. The second-order valence-corrected chi connectivity index (χ2v) is 13.1. The summed E-state index contributed by atoms with van der Waals surface area (Å²) in [6.45, 7) is 13.9. The van der Waals surface area contributed by atoms with E-state index in [9.17, 15) is 4.79 Å². The highest BCUT2D eigenvalue weighted by Crippen LogP contribution is 2.61. The van der Waals surface area contributed by atoms with Crippen LogP contribution < -0.4 is 0 Å². The molecule has 3 atom stereocenters. The molecule has 0 bridgehead atoms. The minimum absolute atomic E-state index is 0.0156. The first-order valence-electron chi connectivity index (χ1n) is 7.67. The molecule has 0 aromatic rings. The molecule has 3 nitrogen and oxygen atoms in total. The van der Waals surface area contributed by atoms with Crippen LogP contribution in [-0.4, -0.2) is 33.4 Å².